The molecule has 6 rings (SSSR count). The van der Waals surface area contributed by atoms with Crippen LogP contribution in [0.4, 0.5) is 0 Å². The van der Waals surface area contributed by atoms with Gasteiger partial charge < -0.3 is 9.67 Å². The Bertz CT molecular complexity index is 818. The fourth-order valence-corrected chi connectivity index (χ4v) is 5.71. The van der Waals surface area contributed by atoms with E-state index in [2.05, 4.69) is 53.8 Å². The van der Waals surface area contributed by atoms with Crippen LogP contribution in [0.3, 0.4) is 0 Å². The molecule has 23 heavy (non-hydrogen) atoms. The van der Waals surface area contributed by atoms with E-state index in [4.69, 9.17) is 0 Å². The number of piperidine rings is 3. The molecule has 0 radical (unpaired) electrons. The van der Waals surface area contributed by atoms with E-state index in [-0.39, 0.29) is 0 Å². The molecule has 3 fully saturated rings. The van der Waals surface area contributed by atoms with Gasteiger partial charge in [0.15, 0.2) is 0 Å². The summed E-state index contributed by atoms with van der Waals surface area (Å²) in [5.41, 5.74) is 5.96. The van der Waals surface area contributed by atoms with Gasteiger partial charge in [-0.05, 0) is 37.3 Å². The molecule has 3 heteroatoms. The predicted octanol–water partition coefficient (Wildman–Crippen LogP) is 3.03. The number of hydrogen-bond donors (Lipinski definition) is 1. The van der Waals surface area contributed by atoms with Gasteiger partial charge in [-0.1, -0.05) is 29.8 Å². The van der Waals surface area contributed by atoms with Crippen molar-refractivity contribution in [1.82, 2.24) is 9.47 Å². The van der Waals surface area contributed by atoms with Crippen LogP contribution in [0.25, 0.3) is 10.9 Å². The molecule has 2 aromatic rings. The van der Waals surface area contributed by atoms with Crippen molar-refractivity contribution >= 4 is 10.9 Å². The molecular weight excluding hydrogens is 284 g/mol. The van der Waals surface area contributed by atoms with E-state index in [0.717, 1.165) is 13.0 Å². The van der Waals surface area contributed by atoms with Crippen LogP contribution >= 0.6 is 0 Å². The molecule has 120 valence electrons. The maximum atomic E-state index is 10.0. The van der Waals surface area contributed by atoms with Crippen LogP contribution in [0.5, 0.6) is 0 Å². The molecule has 4 aliphatic rings. The highest BCUT2D eigenvalue weighted by molar-refractivity contribution is 5.86. The zero-order valence-corrected chi connectivity index (χ0v) is 13.9. The SMILES string of the molecule is C/C=C1/CN2[C@H]3C[C@@H]1C(CO)[C@@H]2Cc1c3n(C)c2ccccc12. The number of para-hydroxylation sites is 1. The first kappa shape index (κ1) is 13.8. The van der Waals surface area contributed by atoms with Gasteiger partial charge in [-0.3, -0.25) is 4.90 Å². The Morgan fingerprint density at radius 3 is 2.91 bits per heavy atom. The van der Waals surface area contributed by atoms with Crippen molar-refractivity contribution in [3.05, 3.63) is 47.2 Å². The summed E-state index contributed by atoms with van der Waals surface area (Å²) in [7, 11) is 2.23. The molecule has 4 aliphatic heterocycles. The van der Waals surface area contributed by atoms with Gasteiger partial charge in [0.25, 0.3) is 0 Å². The molecule has 1 aromatic carbocycles. The Labute approximate surface area is 137 Å². The molecular formula is C20H24N2O. The van der Waals surface area contributed by atoms with Crippen LogP contribution < -0.4 is 0 Å². The van der Waals surface area contributed by atoms with Gasteiger partial charge in [-0.2, -0.15) is 0 Å². The third-order valence-corrected chi connectivity index (χ3v) is 6.73. The van der Waals surface area contributed by atoms with E-state index in [1.54, 1.807) is 5.57 Å². The zero-order valence-electron chi connectivity index (χ0n) is 13.9. The molecule has 3 saturated heterocycles. The minimum atomic E-state index is 0.315. The number of aliphatic hydroxyl groups excluding tert-OH is 1. The van der Waals surface area contributed by atoms with Crippen molar-refractivity contribution in [2.24, 2.45) is 18.9 Å². The molecule has 1 N–H and O–H groups in total. The first-order valence-corrected chi connectivity index (χ1v) is 8.82. The minimum absolute atomic E-state index is 0.315. The summed E-state index contributed by atoms with van der Waals surface area (Å²) < 4.78 is 2.43. The summed E-state index contributed by atoms with van der Waals surface area (Å²) in [4.78, 5) is 2.68. The van der Waals surface area contributed by atoms with Crippen molar-refractivity contribution < 1.29 is 5.11 Å². The zero-order chi connectivity index (χ0) is 15.7. The lowest BCUT2D eigenvalue weighted by Gasteiger charge is -2.58. The second-order valence-corrected chi connectivity index (χ2v) is 7.45. The molecule has 0 spiro atoms. The summed E-state index contributed by atoms with van der Waals surface area (Å²) in [5, 5.41) is 11.5. The predicted molar refractivity (Wildman–Crippen MR) is 92.3 cm³/mol. The average molecular weight is 308 g/mol. The number of rotatable bonds is 1. The van der Waals surface area contributed by atoms with Crippen molar-refractivity contribution in [2.75, 3.05) is 13.2 Å². The molecule has 0 aliphatic carbocycles. The van der Waals surface area contributed by atoms with Gasteiger partial charge >= 0.3 is 0 Å². The molecule has 3 nitrogen and oxygen atoms in total. The third kappa shape index (κ3) is 1.62. The van der Waals surface area contributed by atoms with Crippen molar-refractivity contribution in [3.63, 3.8) is 0 Å². The highest BCUT2D eigenvalue weighted by atomic mass is 16.3. The van der Waals surface area contributed by atoms with E-state index in [1.807, 2.05) is 0 Å². The van der Waals surface area contributed by atoms with Gasteiger partial charge in [0.05, 0.1) is 6.04 Å². The monoisotopic (exact) mass is 308 g/mol. The Hall–Kier alpha value is -1.58. The third-order valence-electron chi connectivity index (χ3n) is 6.73. The summed E-state index contributed by atoms with van der Waals surface area (Å²) in [6.45, 7) is 3.56. The molecule has 5 heterocycles. The number of fused-ring (bicyclic) bond motifs is 4. The Morgan fingerprint density at radius 2 is 2.13 bits per heavy atom. The number of aromatic nitrogens is 1. The van der Waals surface area contributed by atoms with Crippen LogP contribution in [0.15, 0.2) is 35.9 Å². The summed E-state index contributed by atoms with van der Waals surface area (Å²) in [6.07, 6.45) is 4.54. The standard InChI is InChI=1S/C20H24N2O/c1-3-12-10-22-18-9-15-13-6-4-5-7-17(13)21(2)20(15)19(22)8-14(12)16(18)11-23/h3-7,14,16,18-19,23H,8-11H2,1-2H3/b12-3-/t14-,16?,18-,19-/m0/s1. The summed E-state index contributed by atoms with van der Waals surface area (Å²) in [6, 6.07) is 9.84. The van der Waals surface area contributed by atoms with Gasteiger partial charge in [0.2, 0.25) is 0 Å². The molecule has 0 saturated carbocycles. The number of aliphatic hydroxyl groups is 1. The average Bonchev–Trinajstić information content (AvgIpc) is 2.87. The topological polar surface area (TPSA) is 28.4 Å². The van der Waals surface area contributed by atoms with Crippen molar-refractivity contribution in [2.45, 2.75) is 31.8 Å². The highest BCUT2D eigenvalue weighted by Crippen LogP contribution is 2.54. The highest BCUT2D eigenvalue weighted by Gasteiger charge is 2.52. The maximum absolute atomic E-state index is 10.0. The lowest BCUT2D eigenvalue weighted by Crippen LogP contribution is -2.61. The smallest absolute Gasteiger partial charge is 0.0515 e. The van der Waals surface area contributed by atoms with Crippen LogP contribution in [-0.4, -0.2) is 33.8 Å². The van der Waals surface area contributed by atoms with Crippen LogP contribution in [0.2, 0.25) is 0 Å². The normalized spacial score (nSPS) is 36.7. The molecule has 2 unspecified atom stereocenters. The quantitative estimate of drug-likeness (QED) is 0.820. The first-order chi connectivity index (χ1) is 11.2. The summed E-state index contributed by atoms with van der Waals surface area (Å²) >= 11 is 0. The fraction of sp³-hybridized carbons (Fsp3) is 0.500. The number of allylic oxidation sites excluding steroid dienone is 1. The van der Waals surface area contributed by atoms with Gasteiger partial charge in [-0.25, -0.2) is 0 Å². The number of nitrogens with zero attached hydrogens (tertiary/aromatic N) is 2. The lowest BCUT2D eigenvalue weighted by molar-refractivity contribution is -0.0513. The first-order valence-electron chi connectivity index (χ1n) is 8.82. The summed E-state index contributed by atoms with van der Waals surface area (Å²) in [5.74, 6) is 0.967. The number of aryl methyl sites for hydroxylation is 1. The second kappa shape index (κ2) is 4.71. The van der Waals surface area contributed by atoms with Gasteiger partial charge in [-0.15, -0.1) is 0 Å². The Kier molecular flexibility index (Phi) is 2.83. The molecule has 1 aromatic heterocycles. The Morgan fingerprint density at radius 1 is 1.30 bits per heavy atom. The van der Waals surface area contributed by atoms with Crippen molar-refractivity contribution in [1.29, 1.82) is 0 Å². The van der Waals surface area contributed by atoms with E-state index < -0.39 is 0 Å². The van der Waals surface area contributed by atoms with E-state index in [9.17, 15) is 5.11 Å². The van der Waals surface area contributed by atoms with Gasteiger partial charge in [0, 0.05) is 48.8 Å². The molecule has 0 amide bonds. The second-order valence-electron chi connectivity index (χ2n) is 7.45. The molecule has 5 atom stereocenters. The largest absolute Gasteiger partial charge is 0.396 e. The maximum Gasteiger partial charge on any atom is 0.0515 e. The molecule has 4 bridgehead atoms. The van der Waals surface area contributed by atoms with Crippen LogP contribution in [0, 0.1) is 11.8 Å². The fourth-order valence-electron chi connectivity index (χ4n) is 5.71. The van der Waals surface area contributed by atoms with Gasteiger partial charge in [0.1, 0.15) is 0 Å². The number of benzene rings is 1. The minimum Gasteiger partial charge on any atom is -0.396 e. The van der Waals surface area contributed by atoms with E-state index in [1.165, 1.54) is 28.6 Å². The van der Waals surface area contributed by atoms with Crippen molar-refractivity contribution in [3.8, 4) is 0 Å². The number of hydrogen-bond acceptors (Lipinski definition) is 2. The Balaban J connectivity index is 1.72. The van der Waals surface area contributed by atoms with E-state index in [0.29, 0.717) is 30.5 Å². The van der Waals surface area contributed by atoms with Crippen LogP contribution in [0.1, 0.15) is 30.6 Å². The van der Waals surface area contributed by atoms with E-state index >= 15 is 0 Å². The lowest BCUT2D eigenvalue weighted by atomic mass is 9.64. The van der Waals surface area contributed by atoms with Crippen LogP contribution in [-0.2, 0) is 13.5 Å².